The Bertz CT molecular complexity index is 1340. The minimum atomic E-state index is -0.517. The van der Waals surface area contributed by atoms with Crippen molar-refractivity contribution in [1.29, 1.82) is 0 Å². The molecule has 3 aliphatic rings. The van der Waals surface area contributed by atoms with Crippen LogP contribution in [0.4, 0.5) is 0 Å². The molecule has 0 spiro atoms. The molecule has 1 aromatic carbocycles. The minimum absolute atomic E-state index is 0.0445. The molecule has 1 fully saturated rings. The van der Waals surface area contributed by atoms with E-state index in [-0.39, 0.29) is 17.4 Å². The van der Waals surface area contributed by atoms with Crippen LogP contribution in [0.5, 0.6) is 0 Å². The molecule has 6 rings (SSSR count). The average molecular weight is 441 g/mol. The summed E-state index contributed by atoms with van der Waals surface area (Å²) in [5, 5.41) is 9.24. The zero-order valence-electron chi connectivity index (χ0n) is 18.4. The smallest absolute Gasteiger partial charge is 0.275 e. The maximum Gasteiger partial charge on any atom is 0.275 e. The molecule has 1 saturated carbocycles. The molecule has 3 aromatic rings. The Morgan fingerprint density at radius 1 is 1.15 bits per heavy atom. The third-order valence-electron chi connectivity index (χ3n) is 7.07. The predicted octanol–water partition coefficient (Wildman–Crippen LogP) is 0.933. The second-order valence-corrected chi connectivity index (χ2v) is 8.95. The highest BCUT2D eigenvalue weighted by Crippen LogP contribution is 2.50. The van der Waals surface area contributed by atoms with Gasteiger partial charge in [0.05, 0.1) is 16.6 Å². The van der Waals surface area contributed by atoms with Gasteiger partial charge in [-0.15, -0.1) is 0 Å². The van der Waals surface area contributed by atoms with Crippen LogP contribution in [0.2, 0.25) is 0 Å². The summed E-state index contributed by atoms with van der Waals surface area (Å²) in [5.41, 5.74) is 2.65. The Morgan fingerprint density at radius 2 is 1.97 bits per heavy atom. The van der Waals surface area contributed by atoms with Crippen molar-refractivity contribution in [2.45, 2.75) is 37.4 Å². The Morgan fingerprint density at radius 3 is 2.73 bits per heavy atom. The molecule has 1 atom stereocenters. The van der Waals surface area contributed by atoms with Crippen LogP contribution in [0.1, 0.15) is 40.3 Å². The topological polar surface area (TPSA) is 94.6 Å². The number of hydrogen-bond donors (Lipinski definition) is 1. The van der Waals surface area contributed by atoms with E-state index >= 15 is 0 Å². The molecule has 2 aliphatic heterocycles. The van der Waals surface area contributed by atoms with Gasteiger partial charge >= 0.3 is 0 Å². The quantitative estimate of drug-likeness (QED) is 0.653. The normalized spacial score (nSPS) is 19.7. The van der Waals surface area contributed by atoms with Crippen molar-refractivity contribution in [1.82, 2.24) is 25.0 Å². The fourth-order valence-corrected chi connectivity index (χ4v) is 4.95. The maximum atomic E-state index is 13.5. The largest absolute Gasteiger partial charge is 0.336 e. The highest BCUT2D eigenvalue weighted by atomic mass is 16.2. The van der Waals surface area contributed by atoms with Crippen LogP contribution in [0.15, 0.2) is 53.7 Å². The first-order valence-electron chi connectivity index (χ1n) is 11.3. The molecule has 0 radical (unpaired) electrons. The summed E-state index contributed by atoms with van der Waals surface area (Å²) < 4.78 is 0. The van der Waals surface area contributed by atoms with E-state index < -0.39 is 6.04 Å². The summed E-state index contributed by atoms with van der Waals surface area (Å²) in [6.07, 6.45) is 6.06. The van der Waals surface area contributed by atoms with Crippen molar-refractivity contribution >= 4 is 17.9 Å². The number of aromatic amines is 1. The molecule has 33 heavy (non-hydrogen) atoms. The SMILES string of the molecule is CN(C(=O)c1n[nH]c2c1CN(C(=O)C1C=c3ccccc3=N1)CC2)C1(c2ccccn2)CC1. The first-order chi connectivity index (χ1) is 16.1. The summed E-state index contributed by atoms with van der Waals surface area (Å²) in [6.45, 7) is 0.929. The molecule has 4 heterocycles. The van der Waals surface area contributed by atoms with Crippen LogP contribution in [0.25, 0.3) is 6.08 Å². The molecule has 0 saturated heterocycles. The number of benzene rings is 1. The number of aromatic nitrogens is 3. The maximum absolute atomic E-state index is 13.5. The summed E-state index contributed by atoms with van der Waals surface area (Å²) in [5.74, 6) is -0.188. The van der Waals surface area contributed by atoms with E-state index in [4.69, 9.17) is 0 Å². The summed E-state index contributed by atoms with van der Waals surface area (Å²) >= 11 is 0. The first-order valence-corrected chi connectivity index (χ1v) is 11.3. The van der Waals surface area contributed by atoms with Crippen molar-refractivity contribution in [2.24, 2.45) is 4.99 Å². The molecule has 0 bridgehead atoms. The number of carbonyl (C=O) groups is 2. The minimum Gasteiger partial charge on any atom is -0.336 e. The number of H-pyrrole nitrogens is 1. The van der Waals surface area contributed by atoms with Crippen LogP contribution >= 0.6 is 0 Å². The van der Waals surface area contributed by atoms with Crippen molar-refractivity contribution in [3.05, 3.63) is 81.9 Å². The van der Waals surface area contributed by atoms with Gasteiger partial charge in [-0.05, 0) is 42.3 Å². The first kappa shape index (κ1) is 19.8. The van der Waals surface area contributed by atoms with Gasteiger partial charge in [0.15, 0.2) is 5.69 Å². The number of carbonyl (C=O) groups excluding carboxylic acids is 2. The molecule has 8 heteroatoms. The zero-order valence-corrected chi connectivity index (χ0v) is 18.4. The van der Waals surface area contributed by atoms with E-state index in [9.17, 15) is 9.59 Å². The summed E-state index contributed by atoms with van der Waals surface area (Å²) in [6, 6.07) is 13.0. The highest BCUT2D eigenvalue weighted by molar-refractivity contribution is 5.95. The van der Waals surface area contributed by atoms with Gasteiger partial charge in [-0.1, -0.05) is 24.3 Å². The molecule has 166 valence electrons. The van der Waals surface area contributed by atoms with Gasteiger partial charge in [0.1, 0.15) is 6.04 Å². The van der Waals surface area contributed by atoms with Crippen LogP contribution < -0.4 is 10.6 Å². The standard InChI is InChI=1S/C25H24N6O2/c1-30(25(10-11-25)21-8-4-5-12-26-21)24(33)22-17-15-31(13-9-19(17)28-29-22)23(32)20-14-16-6-2-3-7-18(16)27-20/h2-8,12,14,20H,9-11,13,15H2,1H3,(H,28,29). The molecule has 8 nitrogen and oxygen atoms in total. The number of fused-ring (bicyclic) bond motifs is 2. The number of hydrogen-bond acceptors (Lipinski definition) is 5. The molecular formula is C25H24N6O2. The molecule has 2 amide bonds. The van der Waals surface area contributed by atoms with Gasteiger partial charge in [-0.3, -0.25) is 24.7 Å². The number of rotatable bonds is 4. The lowest BCUT2D eigenvalue weighted by atomic mass is 10.0. The van der Waals surface area contributed by atoms with E-state index in [1.807, 2.05) is 55.6 Å². The van der Waals surface area contributed by atoms with E-state index in [2.05, 4.69) is 20.2 Å². The lowest BCUT2D eigenvalue weighted by molar-refractivity contribution is -0.132. The Hall–Kier alpha value is -3.81. The Kier molecular flexibility index (Phi) is 4.43. The van der Waals surface area contributed by atoms with Crippen LogP contribution in [-0.4, -0.2) is 56.4 Å². The van der Waals surface area contributed by atoms with Gasteiger partial charge in [0.2, 0.25) is 0 Å². The lowest BCUT2D eigenvalue weighted by Crippen LogP contribution is -2.42. The summed E-state index contributed by atoms with van der Waals surface area (Å²) in [4.78, 5) is 39.4. The van der Waals surface area contributed by atoms with Crippen LogP contribution in [0.3, 0.4) is 0 Å². The molecule has 2 aromatic heterocycles. The van der Waals surface area contributed by atoms with Gasteiger partial charge < -0.3 is 9.80 Å². The van der Waals surface area contributed by atoms with Gasteiger partial charge in [-0.2, -0.15) is 5.10 Å². The molecule has 1 unspecified atom stereocenters. The number of amides is 2. The number of nitrogens with zero attached hydrogens (tertiary/aromatic N) is 5. The monoisotopic (exact) mass is 440 g/mol. The van der Waals surface area contributed by atoms with Crippen LogP contribution in [0, 0.1) is 0 Å². The highest BCUT2D eigenvalue weighted by Gasteiger charge is 2.52. The van der Waals surface area contributed by atoms with Crippen molar-refractivity contribution < 1.29 is 9.59 Å². The number of para-hydroxylation sites is 1. The lowest BCUT2D eigenvalue weighted by Gasteiger charge is -2.30. The van der Waals surface area contributed by atoms with Gasteiger partial charge in [0.25, 0.3) is 11.8 Å². The average Bonchev–Trinajstić information content (AvgIpc) is 3.38. The van der Waals surface area contributed by atoms with E-state index in [1.54, 1.807) is 16.0 Å². The van der Waals surface area contributed by atoms with Gasteiger partial charge in [0, 0.05) is 44.0 Å². The molecular weight excluding hydrogens is 416 g/mol. The third kappa shape index (κ3) is 3.16. The summed E-state index contributed by atoms with van der Waals surface area (Å²) in [7, 11) is 1.82. The fourth-order valence-electron chi connectivity index (χ4n) is 4.95. The second kappa shape index (κ2) is 7.37. The third-order valence-corrected chi connectivity index (χ3v) is 7.07. The number of pyridine rings is 1. The van der Waals surface area contributed by atoms with Crippen molar-refractivity contribution in [3.63, 3.8) is 0 Å². The van der Waals surface area contributed by atoms with Crippen molar-refractivity contribution in [2.75, 3.05) is 13.6 Å². The van der Waals surface area contributed by atoms with E-state index in [0.717, 1.165) is 40.4 Å². The fraction of sp³-hybridized carbons (Fsp3) is 0.320. The van der Waals surface area contributed by atoms with E-state index in [0.29, 0.717) is 25.2 Å². The van der Waals surface area contributed by atoms with Crippen molar-refractivity contribution in [3.8, 4) is 0 Å². The Balaban J connectivity index is 1.24. The molecule has 1 aliphatic carbocycles. The second-order valence-electron chi connectivity index (χ2n) is 8.95. The Labute approximate surface area is 190 Å². The number of nitrogens with one attached hydrogen (secondary N) is 1. The zero-order chi connectivity index (χ0) is 22.6. The molecule has 1 N–H and O–H groups in total. The van der Waals surface area contributed by atoms with Gasteiger partial charge in [-0.25, -0.2) is 0 Å². The predicted molar refractivity (Wildman–Crippen MR) is 120 cm³/mol. The van der Waals surface area contributed by atoms with E-state index in [1.165, 1.54) is 0 Å². The van der Waals surface area contributed by atoms with Crippen LogP contribution in [-0.2, 0) is 23.3 Å².